The Morgan fingerprint density at radius 2 is 1.88 bits per heavy atom. The molecule has 26 heavy (non-hydrogen) atoms. The molecule has 1 heterocycles. The Morgan fingerprint density at radius 3 is 2.62 bits per heavy atom. The van der Waals surface area contributed by atoms with Gasteiger partial charge in [0, 0.05) is 10.7 Å². The van der Waals surface area contributed by atoms with Gasteiger partial charge >= 0.3 is 6.03 Å². The second-order valence-corrected chi connectivity index (χ2v) is 6.45. The molecule has 1 unspecified atom stereocenters. The lowest BCUT2D eigenvalue weighted by molar-refractivity contribution is -0.130. The molecule has 1 aliphatic heterocycles. The number of halogens is 1. The minimum atomic E-state index is -0.610. The Bertz CT molecular complexity index is 826. The summed E-state index contributed by atoms with van der Waals surface area (Å²) < 4.78 is 0. The van der Waals surface area contributed by atoms with Crippen LogP contribution in [0.2, 0.25) is 5.02 Å². The van der Waals surface area contributed by atoms with Gasteiger partial charge in [0.05, 0.1) is 0 Å². The van der Waals surface area contributed by atoms with Crippen molar-refractivity contribution < 1.29 is 14.4 Å². The number of nitrogens with zero attached hydrogens (tertiary/aromatic N) is 1. The van der Waals surface area contributed by atoms with Gasteiger partial charge in [-0.3, -0.25) is 14.5 Å². The number of hydrogen-bond donors (Lipinski definition) is 2. The van der Waals surface area contributed by atoms with Crippen LogP contribution in [-0.2, 0) is 16.0 Å². The first kappa shape index (κ1) is 17.9. The summed E-state index contributed by atoms with van der Waals surface area (Å²) in [6.07, 6.45) is 1.15. The molecule has 0 aliphatic carbocycles. The van der Waals surface area contributed by atoms with E-state index in [1.54, 1.807) is 24.3 Å². The van der Waals surface area contributed by atoms with Crippen molar-refractivity contribution in [3.63, 3.8) is 0 Å². The van der Waals surface area contributed by atoms with E-state index in [1.807, 2.05) is 30.3 Å². The van der Waals surface area contributed by atoms with Gasteiger partial charge in [-0.2, -0.15) is 0 Å². The first-order valence-electron chi connectivity index (χ1n) is 8.24. The molecular weight excluding hydrogens is 354 g/mol. The monoisotopic (exact) mass is 371 g/mol. The Hall–Kier alpha value is -2.86. The van der Waals surface area contributed by atoms with Crippen LogP contribution in [0.3, 0.4) is 0 Å². The number of carbonyl (C=O) groups excluding carboxylic acids is 3. The highest BCUT2D eigenvalue weighted by Gasteiger charge is 2.38. The smallest absolute Gasteiger partial charge is 0.325 e. The van der Waals surface area contributed by atoms with Gasteiger partial charge < -0.3 is 10.6 Å². The maximum Gasteiger partial charge on any atom is 0.325 e. The summed E-state index contributed by atoms with van der Waals surface area (Å²) in [5.74, 6) is -0.841. The van der Waals surface area contributed by atoms with E-state index in [1.165, 1.54) is 0 Å². The molecule has 0 spiro atoms. The summed E-state index contributed by atoms with van der Waals surface area (Å²) in [7, 11) is 0. The summed E-state index contributed by atoms with van der Waals surface area (Å²) in [5, 5.41) is 5.75. The molecule has 2 aromatic carbocycles. The highest BCUT2D eigenvalue weighted by molar-refractivity contribution is 6.30. The maximum absolute atomic E-state index is 12.4. The van der Waals surface area contributed by atoms with Crippen LogP contribution in [0.1, 0.15) is 12.0 Å². The number of imide groups is 1. The molecule has 0 radical (unpaired) electrons. The second-order valence-electron chi connectivity index (χ2n) is 6.01. The van der Waals surface area contributed by atoms with Crippen molar-refractivity contribution in [3.05, 3.63) is 65.2 Å². The van der Waals surface area contributed by atoms with Gasteiger partial charge in [-0.05, 0) is 36.6 Å². The fourth-order valence-electron chi connectivity index (χ4n) is 2.79. The summed E-state index contributed by atoms with van der Waals surface area (Å²) in [4.78, 5) is 37.5. The molecule has 0 aromatic heterocycles. The number of rotatable bonds is 6. The Labute approximate surface area is 156 Å². The maximum atomic E-state index is 12.4. The van der Waals surface area contributed by atoms with Crippen LogP contribution in [-0.4, -0.2) is 35.3 Å². The molecule has 0 bridgehead atoms. The predicted molar refractivity (Wildman–Crippen MR) is 98.9 cm³/mol. The Kier molecular flexibility index (Phi) is 5.53. The van der Waals surface area contributed by atoms with Crippen molar-refractivity contribution in [1.82, 2.24) is 10.2 Å². The summed E-state index contributed by atoms with van der Waals surface area (Å²) in [6, 6.07) is 15.2. The van der Waals surface area contributed by atoms with E-state index >= 15 is 0 Å². The largest absolute Gasteiger partial charge is 0.326 e. The number of hydrogen-bond acceptors (Lipinski definition) is 3. The fraction of sp³-hybridized carbons (Fsp3) is 0.211. The lowest BCUT2D eigenvalue weighted by Crippen LogP contribution is -2.38. The lowest BCUT2D eigenvalue weighted by atomic mass is 10.1. The first-order valence-corrected chi connectivity index (χ1v) is 8.62. The normalized spacial score (nSPS) is 16.5. The SMILES string of the molecule is O=C(CN1C(=O)NC(CCc2ccccc2)C1=O)Nc1cccc(Cl)c1. The molecule has 134 valence electrons. The third-order valence-electron chi connectivity index (χ3n) is 4.08. The summed E-state index contributed by atoms with van der Waals surface area (Å²) in [6.45, 7) is -0.334. The standard InChI is InChI=1S/C19H18ClN3O3/c20-14-7-4-8-15(11-14)21-17(24)12-23-18(25)16(22-19(23)26)10-9-13-5-2-1-3-6-13/h1-8,11,16H,9-10,12H2,(H,21,24)(H,22,26). The van der Waals surface area contributed by atoms with Crippen molar-refractivity contribution in [3.8, 4) is 0 Å². The molecule has 7 heteroatoms. The summed E-state index contributed by atoms with van der Waals surface area (Å²) in [5.41, 5.74) is 1.60. The molecule has 4 amide bonds. The molecule has 3 rings (SSSR count). The molecule has 6 nitrogen and oxygen atoms in total. The van der Waals surface area contributed by atoms with Gasteiger partial charge in [0.25, 0.3) is 5.91 Å². The number of urea groups is 1. The Morgan fingerprint density at radius 1 is 1.12 bits per heavy atom. The predicted octanol–water partition coefficient (Wildman–Crippen LogP) is 2.83. The highest BCUT2D eigenvalue weighted by atomic mass is 35.5. The number of anilines is 1. The van der Waals surface area contributed by atoms with Crippen LogP contribution in [0.25, 0.3) is 0 Å². The number of amides is 4. The number of carbonyl (C=O) groups is 3. The van der Waals surface area contributed by atoms with Gasteiger partial charge in [0.2, 0.25) is 5.91 Å². The molecule has 1 saturated heterocycles. The van der Waals surface area contributed by atoms with Crippen LogP contribution in [0.5, 0.6) is 0 Å². The minimum Gasteiger partial charge on any atom is -0.326 e. The number of aryl methyl sites for hydroxylation is 1. The van der Waals surface area contributed by atoms with Gasteiger partial charge in [0.1, 0.15) is 12.6 Å². The zero-order chi connectivity index (χ0) is 18.5. The van der Waals surface area contributed by atoms with E-state index in [0.29, 0.717) is 23.6 Å². The van der Waals surface area contributed by atoms with Gasteiger partial charge in [-0.1, -0.05) is 48.0 Å². The molecule has 1 aliphatic rings. The van der Waals surface area contributed by atoms with Crippen LogP contribution < -0.4 is 10.6 Å². The van der Waals surface area contributed by atoms with Gasteiger partial charge in [-0.25, -0.2) is 4.79 Å². The number of nitrogens with one attached hydrogen (secondary N) is 2. The fourth-order valence-corrected chi connectivity index (χ4v) is 2.98. The lowest BCUT2D eigenvalue weighted by Gasteiger charge is -2.13. The van der Waals surface area contributed by atoms with E-state index in [9.17, 15) is 14.4 Å². The van der Waals surface area contributed by atoms with Crippen LogP contribution in [0.4, 0.5) is 10.5 Å². The van der Waals surface area contributed by atoms with Crippen molar-refractivity contribution in [2.45, 2.75) is 18.9 Å². The van der Waals surface area contributed by atoms with E-state index < -0.39 is 18.0 Å². The van der Waals surface area contributed by atoms with Gasteiger partial charge in [-0.15, -0.1) is 0 Å². The van der Waals surface area contributed by atoms with Crippen molar-refractivity contribution in [2.24, 2.45) is 0 Å². The van der Waals surface area contributed by atoms with Crippen LogP contribution >= 0.6 is 11.6 Å². The van der Waals surface area contributed by atoms with E-state index in [4.69, 9.17) is 11.6 Å². The third kappa shape index (κ3) is 4.40. The molecule has 2 N–H and O–H groups in total. The van der Waals surface area contributed by atoms with E-state index in [0.717, 1.165) is 10.5 Å². The first-order chi connectivity index (χ1) is 12.5. The van der Waals surface area contributed by atoms with Crippen molar-refractivity contribution in [1.29, 1.82) is 0 Å². The molecule has 1 atom stereocenters. The molecule has 0 saturated carbocycles. The molecular formula is C19H18ClN3O3. The Balaban J connectivity index is 1.55. The van der Waals surface area contributed by atoms with E-state index in [2.05, 4.69) is 10.6 Å². The van der Waals surface area contributed by atoms with Crippen molar-refractivity contribution in [2.75, 3.05) is 11.9 Å². The van der Waals surface area contributed by atoms with Crippen LogP contribution in [0, 0.1) is 0 Å². The van der Waals surface area contributed by atoms with Gasteiger partial charge in [0.15, 0.2) is 0 Å². The average Bonchev–Trinajstić information content (AvgIpc) is 2.88. The van der Waals surface area contributed by atoms with Crippen LogP contribution in [0.15, 0.2) is 54.6 Å². The minimum absolute atomic E-state index is 0.334. The highest BCUT2D eigenvalue weighted by Crippen LogP contribution is 2.16. The zero-order valence-corrected chi connectivity index (χ0v) is 14.7. The quantitative estimate of drug-likeness (QED) is 0.766. The third-order valence-corrected chi connectivity index (χ3v) is 4.32. The topological polar surface area (TPSA) is 78.5 Å². The second kappa shape index (κ2) is 8.01. The zero-order valence-electron chi connectivity index (χ0n) is 13.9. The average molecular weight is 372 g/mol. The number of benzene rings is 2. The molecule has 2 aromatic rings. The molecule has 1 fully saturated rings. The summed E-state index contributed by atoms with van der Waals surface area (Å²) >= 11 is 5.87. The van der Waals surface area contributed by atoms with E-state index in [-0.39, 0.29) is 12.5 Å². The van der Waals surface area contributed by atoms with Crippen molar-refractivity contribution >= 4 is 35.1 Å².